The maximum absolute atomic E-state index is 9.93. The molecule has 0 rings (SSSR count). The van der Waals surface area contributed by atoms with Crippen LogP contribution in [0.15, 0.2) is 12.5 Å². The molecule has 0 saturated carbocycles. The van der Waals surface area contributed by atoms with Crippen LogP contribution in [0.25, 0.3) is 0 Å². The molecule has 0 amide bonds. The van der Waals surface area contributed by atoms with Crippen molar-refractivity contribution in [2.45, 2.75) is 6.92 Å². The van der Waals surface area contributed by atoms with Crippen molar-refractivity contribution in [3.63, 3.8) is 0 Å². The second-order valence-corrected chi connectivity index (χ2v) is 1.18. The van der Waals surface area contributed by atoms with Gasteiger partial charge in [0.05, 0.1) is 4.92 Å². The van der Waals surface area contributed by atoms with E-state index in [1.807, 2.05) is 0 Å². The highest BCUT2D eigenvalue weighted by Crippen LogP contribution is 1.78. The minimum absolute atomic E-state index is 0.543. The summed E-state index contributed by atoms with van der Waals surface area (Å²) in [7, 11) is 0. The molecule has 0 bridgehead atoms. The van der Waals surface area contributed by atoms with E-state index < -0.39 is 10.9 Å². The van der Waals surface area contributed by atoms with E-state index >= 15 is 0 Å². The summed E-state index contributed by atoms with van der Waals surface area (Å²) in [6, 6.07) is 0. The van der Waals surface area contributed by atoms with Gasteiger partial charge in [-0.3, -0.25) is 14.9 Å². The summed E-state index contributed by atoms with van der Waals surface area (Å²) in [5, 5.41) is 9.51. The first kappa shape index (κ1) is 7.61. The summed E-state index contributed by atoms with van der Waals surface area (Å²) in [4.78, 5) is 18.7. The fraction of sp³-hybridized carbons (Fsp3) is 0.250. The van der Waals surface area contributed by atoms with Crippen LogP contribution < -0.4 is 0 Å². The van der Waals surface area contributed by atoms with Gasteiger partial charge in [0.2, 0.25) is 0 Å². The number of nitro groups is 1. The van der Waals surface area contributed by atoms with Crippen molar-refractivity contribution >= 4 is 5.97 Å². The molecule has 0 atom stereocenters. The van der Waals surface area contributed by atoms with E-state index in [-0.39, 0.29) is 0 Å². The third-order valence-corrected chi connectivity index (χ3v) is 0.417. The molecule has 0 N–H and O–H groups in total. The Morgan fingerprint density at radius 3 is 2.67 bits per heavy atom. The predicted octanol–water partition coefficient (Wildman–Crippen LogP) is 0.297. The molecule has 0 unspecified atom stereocenters. The summed E-state index contributed by atoms with van der Waals surface area (Å²) in [6.45, 7) is 1.16. The average molecular weight is 131 g/mol. The molecule has 50 valence electrons. The average Bonchev–Trinajstić information content (AvgIpc) is 1.63. The number of esters is 1. The van der Waals surface area contributed by atoms with Crippen molar-refractivity contribution in [1.82, 2.24) is 0 Å². The maximum Gasteiger partial charge on any atom is 0.307 e. The fourth-order valence-corrected chi connectivity index (χ4v) is 0.176. The van der Waals surface area contributed by atoms with Gasteiger partial charge in [-0.25, -0.2) is 0 Å². The highest BCUT2D eigenvalue weighted by molar-refractivity contribution is 5.66. The molecule has 0 aliphatic carbocycles. The first-order valence-corrected chi connectivity index (χ1v) is 2.10. The molecule has 0 aliphatic heterocycles. The minimum Gasteiger partial charge on any atom is -0.428 e. The molecule has 0 aliphatic rings. The van der Waals surface area contributed by atoms with E-state index in [1.54, 1.807) is 0 Å². The Bertz CT molecular complexity index is 151. The van der Waals surface area contributed by atoms with Gasteiger partial charge in [-0.1, -0.05) is 0 Å². The number of carbonyl (C=O) groups is 1. The zero-order valence-corrected chi connectivity index (χ0v) is 4.73. The van der Waals surface area contributed by atoms with Gasteiger partial charge in [-0.2, -0.15) is 0 Å². The van der Waals surface area contributed by atoms with Crippen molar-refractivity contribution in [2.24, 2.45) is 0 Å². The van der Waals surface area contributed by atoms with Gasteiger partial charge < -0.3 is 4.74 Å². The number of rotatable bonds is 2. The van der Waals surface area contributed by atoms with Gasteiger partial charge in [0.1, 0.15) is 0 Å². The second kappa shape index (κ2) is 3.59. The molecule has 0 saturated heterocycles. The molecule has 0 aromatic heterocycles. The SMILES string of the molecule is CC(=O)O/C=C/[N+](=O)[O-]. The van der Waals surface area contributed by atoms with Crippen molar-refractivity contribution in [2.75, 3.05) is 0 Å². The van der Waals surface area contributed by atoms with Crippen molar-refractivity contribution in [1.29, 1.82) is 0 Å². The topological polar surface area (TPSA) is 69.4 Å². The van der Waals surface area contributed by atoms with Crippen molar-refractivity contribution in [3.05, 3.63) is 22.6 Å². The van der Waals surface area contributed by atoms with Gasteiger partial charge in [0.15, 0.2) is 6.26 Å². The summed E-state index contributed by atoms with van der Waals surface area (Å²) >= 11 is 0. The summed E-state index contributed by atoms with van der Waals surface area (Å²) < 4.78 is 4.09. The number of ether oxygens (including phenoxy) is 1. The van der Waals surface area contributed by atoms with Gasteiger partial charge in [0.25, 0.3) is 6.20 Å². The van der Waals surface area contributed by atoms with Crippen molar-refractivity contribution < 1.29 is 14.5 Å². The van der Waals surface area contributed by atoms with Gasteiger partial charge in [0, 0.05) is 6.92 Å². The van der Waals surface area contributed by atoms with Crippen LogP contribution in [0.5, 0.6) is 0 Å². The van der Waals surface area contributed by atoms with Crippen LogP contribution >= 0.6 is 0 Å². The normalized spacial score (nSPS) is 9.44. The first-order chi connectivity index (χ1) is 4.13. The monoisotopic (exact) mass is 131 g/mol. The highest BCUT2D eigenvalue weighted by Gasteiger charge is 1.87. The summed E-state index contributed by atoms with van der Waals surface area (Å²) in [5.41, 5.74) is 0. The van der Waals surface area contributed by atoms with Crippen LogP contribution in [0, 0.1) is 10.1 Å². The lowest BCUT2D eigenvalue weighted by Crippen LogP contribution is -1.91. The number of nitrogens with zero attached hydrogens (tertiary/aromatic N) is 1. The van der Waals surface area contributed by atoms with E-state index in [0.29, 0.717) is 6.20 Å². The molecule has 0 aromatic rings. The second-order valence-electron chi connectivity index (χ2n) is 1.18. The largest absolute Gasteiger partial charge is 0.428 e. The fourth-order valence-electron chi connectivity index (χ4n) is 0.176. The maximum atomic E-state index is 9.93. The molecular formula is C4H5NO4. The first-order valence-electron chi connectivity index (χ1n) is 2.10. The molecule has 5 nitrogen and oxygen atoms in total. The van der Waals surface area contributed by atoms with E-state index in [9.17, 15) is 14.9 Å². The van der Waals surface area contributed by atoms with Crippen LogP contribution in [-0.4, -0.2) is 10.9 Å². The molecule has 0 aromatic carbocycles. The standard InChI is InChI=1S/C4H5NO4/c1-4(6)9-3-2-5(7)8/h2-3H,1H3/b3-2+. The van der Waals surface area contributed by atoms with E-state index in [2.05, 4.69) is 4.74 Å². The van der Waals surface area contributed by atoms with E-state index in [0.717, 1.165) is 13.2 Å². The molecule has 5 heteroatoms. The third-order valence-electron chi connectivity index (χ3n) is 0.417. The Kier molecular flexibility index (Phi) is 3.04. The summed E-state index contributed by atoms with van der Waals surface area (Å²) in [5.74, 6) is -0.576. The Hall–Kier alpha value is -1.39. The Morgan fingerprint density at radius 2 is 2.33 bits per heavy atom. The van der Waals surface area contributed by atoms with Gasteiger partial charge >= 0.3 is 5.97 Å². The zero-order valence-electron chi connectivity index (χ0n) is 4.73. The number of hydrogen-bond donors (Lipinski definition) is 0. The lowest BCUT2D eigenvalue weighted by molar-refractivity contribution is -0.403. The smallest absolute Gasteiger partial charge is 0.307 e. The molecule has 0 radical (unpaired) electrons. The molecular weight excluding hydrogens is 126 g/mol. The predicted molar refractivity (Wildman–Crippen MR) is 27.9 cm³/mol. The Labute approximate surface area is 51.1 Å². The van der Waals surface area contributed by atoms with Crippen LogP contribution in [0.3, 0.4) is 0 Å². The number of hydrogen-bond acceptors (Lipinski definition) is 4. The summed E-state index contributed by atoms with van der Waals surface area (Å²) in [6.07, 6.45) is 1.27. The lowest BCUT2D eigenvalue weighted by atomic mass is 10.8. The van der Waals surface area contributed by atoms with Crippen LogP contribution in [-0.2, 0) is 9.53 Å². The molecule has 0 spiro atoms. The Morgan fingerprint density at radius 1 is 1.78 bits per heavy atom. The van der Waals surface area contributed by atoms with Crippen LogP contribution in [0.2, 0.25) is 0 Å². The third kappa shape index (κ3) is 6.61. The van der Waals surface area contributed by atoms with E-state index in [4.69, 9.17) is 0 Å². The van der Waals surface area contributed by atoms with Gasteiger partial charge in [-0.05, 0) is 0 Å². The van der Waals surface area contributed by atoms with Crippen molar-refractivity contribution in [3.8, 4) is 0 Å². The molecule has 9 heavy (non-hydrogen) atoms. The molecule has 0 heterocycles. The zero-order chi connectivity index (χ0) is 7.28. The van der Waals surface area contributed by atoms with Gasteiger partial charge in [-0.15, -0.1) is 0 Å². The quantitative estimate of drug-likeness (QED) is 0.234. The van der Waals surface area contributed by atoms with E-state index in [1.165, 1.54) is 0 Å². The Balaban J connectivity index is 3.48. The minimum atomic E-state index is -0.719. The highest BCUT2D eigenvalue weighted by atomic mass is 16.6. The van der Waals surface area contributed by atoms with Crippen LogP contribution in [0.1, 0.15) is 6.92 Å². The number of carbonyl (C=O) groups excluding carboxylic acids is 1. The molecule has 0 fully saturated rings. The lowest BCUT2D eigenvalue weighted by Gasteiger charge is -1.84. The van der Waals surface area contributed by atoms with Crippen LogP contribution in [0.4, 0.5) is 0 Å².